The fourth-order valence-corrected chi connectivity index (χ4v) is 9.06. The van der Waals surface area contributed by atoms with Crippen molar-refractivity contribution >= 4 is 31.4 Å². The van der Waals surface area contributed by atoms with Gasteiger partial charge in [0.2, 0.25) is 0 Å². The maximum atomic E-state index is 14.2. The lowest BCUT2D eigenvalue weighted by Crippen LogP contribution is -2.30. The first kappa shape index (κ1) is 30.5. The molecule has 0 unspecified atom stereocenters. The molecule has 0 spiro atoms. The molecule has 6 nitrogen and oxygen atoms in total. The predicted octanol–water partition coefficient (Wildman–Crippen LogP) is 8.05. The number of hydrogen-bond acceptors (Lipinski definition) is 4. The lowest BCUT2D eigenvalue weighted by atomic mass is 10.1. The van der Waals surface area contributed by atoms with Crippen LogP contribution in [0.25, 0.3) is 11.1 Å². The van der Waals surface area contributed by atoms with E-state index < -0.39 is 20.0 Å². The highest BCUT2D eigenvalue weighted by Crippen LogP contribution is 2.40. The predicted molar refractivity (Wildman–Crippen MR) is 187 cm³/mol. The zero-order chi connectivity index (χ0) is 32.4. The number of fused-ring (bicyclic) bond motifs is 3. The molecule has 0 amide bonds. The third-order valence-electron chi connectivity index (χ3n) is 8.43. The molecule has 1 aliphatic rings. The van der Waals surface area contributed by atoms with Crippen molar-refractivity contribution in [2.75, 3.05) is 8.61 Å². The maximum absolute atomic E-state index is 14.2. The highest BCUT2D eigenvalue weighted by atomic mass is 32.2. The normalized spacial score (nSPS) is 12.3. The topological polar surface area (TPSA) is 74.8 Å². The first-order valence-corrected chi connectivity index (χ1v) is 18.2. The van der Waals surface area contributed by atoms with Crippen LogP contribution in [0.1, 0.15) is 22.3 Å². The van der Waals surface area contributed by atoms with Gasteiger partial charge in [0.05, 0.1) is 34.3 Å². The SMILES string of the molecule is O=S(=O)(c1ccc2c(c1)Cc1cc(S(=O)(=O)N(Cc3ccccc3)c3ccccc3)ccc1-2)N(Cc1ccccc1)c1ccccc1. The van der Waals surface area contributed by atoms with Crippen molar-refractivity contribution in [1.29, 1.82) is 0 Å². The maximum Gasteiger partial charge on any atom is 0.264 e. The minimum absolute atomic E-state index is 0.187. The van der Waals surface area contributed by atoms with E-state index in [0.717, 1.165) is 33.4 Å². The van der Waals surface area contributed by atoms with Crippen molar-refractivity contribution in [2.45, 2.75) is 29.3 Å². The van der Waals surface area contributed by atoms with Crippen LogP contribution in [0, 0.1) is 0 Å². The van der Waals surface area contributed by atoms with Crippen LogP contribution in [0.3, 0.4) is 0 Å². The zero-order valence-electron chi connectivity index (χ0n) is 25.5. The Morgan fingerprint density at radius 1 is 0.426 bits per heavy atom. The standard InChI is InChI=1S/C39H32N2O4S2/c42-46(43,40(34-17-9-3-10-18-34)28-30-13-5-1-6-14-30)36-21-23-38-32(26-36)25-33-27-37(22-24-39(33)38)47(44,45)41(35-19-11-4-12-20-35)29-31-15-7-2-8-16-31/h1-24,26-27H,25,28-29H2. The summed E-state index contributed by atoms with van der Waals surface area (Å²) >= 11 is 0. The Bertz CT molecular complexity index is 2080. The number of anilines is 2. The molecule has 0 saturated carbocycles. The van der Waals surface area contributed by atoms with Crippen LogP contribution in [-0.4, -0.2) is 16.8 Å². The lowest BCUT2D eigenvalue weighted by molar-refractivity contribution is 0.589. The zero-order valence-corrected chi connectivity index (χ0v) is 27.1. The molecule has 0 fully saturated rings. The van der Waals surface area contributed by atoms with Gasteiger partial charge in [0.1, 0.15) is 0 Å². The third-order valence-corrected chi connectivity index (χ3v) is 12.0. The quantitative estimate of drug-likeness (QED) is 0.149. The largest absolute Gasteiger partial charge is 0.264 e. The van der Waals surface area contributed by atoms with Crippen LogP contribution in [0.4, 0.5) is 11.4 Å². The number of para-hydroxylation sites is 2. The van der Waals surface area contributed by atoms with E-state index >= 15 is 0 Å². The molecule has 6 aromatic rings. The van der Waals surface area contributed by atoms with E-state index in [1.165, 1.54) is 8.61 Å². The molecule has 234 valence electrons. The number of hydrogen-bond donors (Lipinski definition) is 0. The molecule has 0 bridgehead atoms. The Kier molecular flexibility index (Phi) is 8.14. The van der Waals surface area contributed by atoms with Gasteiger partial charge in [0, 0.05) is 0 Å². The summed E-state index contributed by atoms with van der Waals surface area (Å²) in [5, 5.41) is 0. The summed E-state index contributed by atoms with van der Waals surface area (Å²) in [5.74, 6) is 0. The summed E-state index contributed by atoms with van der Waals surface area (Å²) < 4.78 is 59.6. The summed E-state index contributed by atoms with van der Waals surface area (Å²) in [5.41, 5.74) is 6.39. The Morgan fingerprint density at radius 2 is 0.766 bits per heavy atom. The van der Waals surface area contributed by atoms with Crippen molar-refractivity contribution < 1.29 is 16.8 Å². The molecule has 0 aromatic heterocycles. The van der Waals surface area contributed by atoms with Crippen LogP contribution < -0.4 is 8.61 Å². The van der Waals surface area contributed by atoms with E-state index in [-0.39, 0.29) is 22.9 Å². The molecule has 47 heavy (non-hydrogen) atoms. The van der Waals surface area contributed by atoms with E-state index in [4.69, 9.17) is 0 Å². The molecule has 0 atom stereocenters. The third kappa shape index (κ3) is 6.05. The smallest absolute Gasteiger partial charge is 0.262 e. The van der Waals surface area contributed by atoms with Gasteiger partial charge >= 0.3 is 0 Å². The van der Waals surface area contributed by atoms with Crippen LogP contribution >= 0.6 is 0 Å². The van der Waals surface area contributed by atoms with Crippen molar-refractivity contribution in [1.82, 2.24) is 0 Å². The molecule has 0 saturated heterocycles. The molecule has 0 aliphatic heterocycles. The molecule has 1 aliphatic carbocycles. The Hall–Kier alpha value is -5.18. The second-order valence-corrected chi connectivity index (χ2v) is 15.2. The average Bonchev–Trinajstić information content (AvgIpc) is 3.48. The highest BCUT2D eigenvalue weighted by Gasteiger charge is 2.30. The number of nitrogens with zero attached hydrogens (tertiary/aromatic N) is 2. The van der Waals surface area contributed by atoms with Crippen molar-refractivity contribution in [3.63, 3.8) is 0 Å². The minimum atomic E-state index is -3.93. The number of rotatable bonds is 10. The molecule has 6 aromatic carbocycles. The van der Waals surface area contributed by atoms with Crippen molar-refractivity contribution in [2.24, 2.45) is 0 Å². The van der Waals surface area contributed by atoms with E-state index in [1.807, 2.05) is 109 Å². The first-order chi connectivity index (χ1) is 22.8. The van der Waals surface area contributed by atoms with Gasteiger partial charge in [-0.15, -0.1) is 0 Å². The minimum Gasteiger partial charge on any atom is -0.262 e. The summed E-state index contributed by atoms with van der Waals surface area (Å²) in [7, 11) is -7.87. The highest BCUT2D eigenvalue weighted by molar-refractivity contribution is 7.93. The van der Waals surface area contributed by atoms with E-state index in [1.54, 1.807) is 48.5 Å². The number of sulfonamides is 2. The van der Waals surface area contributed by atoms with Gasteiger partial charge in [-0.2, -0.15) is 0 Å². The first-order valence-electron chi connectivity index (χ1n) is 15.3. The monoisotopic (exact) mass is 656 g/mol. The van der Waals surface area contributed by atoms with Crippen LogP contribution in [0.15, 0.2) is 168 Å². The molecule has 0 heterocycles. The van der Waals surface area contributed by atoms with E-state index in [2.05, 4.69) is 0 Å². The fraction of sp³-hybridized carbons (Fsp3) is 0.0769. The Balaban J connectivity index is 1.21. The van der Waals surface area contributed by atoms with Crippen LogP contribution in [0.5, 0.6) is 0 Å². The van der Waals surface area contributed by atoms with Gasteiger partial charge < -0.3 is 0 Å². The van der Waals surface area contributed by atoms with Crippen molar-refractivity contribution in [3.05, 3.63) is 180 Å². The van der Waals surface area contributed by atoms with Crippen LogP contribution in [0.2, 0.25) is 0 Å². The molecular formula is C39H32N2O4S2. The van der Waals surface area contributed by atoms with Crippen LogP contribution in [-0.2, 0) is 39.6 Å². The summed E-state index contributed by atoms with van der Waals surface area (Å²) in [4.78, 5) is 0.379. The lowest BCUT2D eigenvalue weighted by Gasteiger charge is -2.25. The molecule has 7 rings (SSSR count). The van der Waals surface area contributed by atoms with E-state index in [0.29, 0.717) is 17.8 Å². The fourth-order valence-electron chi connectivity index (χ4n) is 6.06. The number of benzene rings is 6. The Labute approximate surface area is 276 Å². The second kappa shape index (κ2) is 12.5. The summed E-state index contributed by atoms with van der Waals surface area (Å²) in [6.45, 7) is 0.374. The van der Waals surface area contributed by atoms with E-state index in [9.17, 15) is 16.8 Å². The summed E-state index contributed by atoms with van der Waals surface area (Å²) in [6, 6.07) is 47.6. The Morgan fingerprint density at radius 3 is 1.13 bits per heavy atom. The molecule has 0 radical (unpaired) electrons. The van der Waals surface area contributed by atoms with Gasteiger partial charge in [-0.25, -0.2) is 16.8 Å². The van der Waals surface area contributed by atoms with Gasteiger partial charge in [-0.1, -0.05) is 109 Å². The molecule has 8 heteroatoms. The van der Waals surface area contributed by atoms with Gasteiger partial charge in [0.25, 0.3) is 20.0 Å². The second-order valence-electron chi connectivity index (χ2n) is 11.5. The van der Waals surface area contributed by atoms with Crippen molar-refractivity contribution in [3.8, 4) is 11.1 Å². The van der Waals surface area contributed by atoms with Gasteiger partial charge in [-0.3, -0.25) is 8.61 Å². The molecular weight excluding hydrogens is 625 g/mol. The average molecular weight is 657 g/mol. The molecule has 0 N–H and O–H groups in total. The summed E-state index contributed by atoms with van der Waals surface area (Å²) in [6.07, 6.45) is 0.422. The van der Waals surface area contributed by atoms with Gasteiger partial charge in [-0.05, 0) is 88.3 Å². The van der Waals surface area contributed by atoms with Gasteiger partial charge in [0.15, 0.2) is 0 Å².